The van der Waals surface area contributed by atoms with Gasteiger partial charge in [0.05, 0.1) is 0 Å². The average Bonchev–Trinajstić information content (AvgIpc) is 2.57. The minimum atomic E-state index is -0.705. The highest BCUT2D eigenvalue weighted by molar-refractivity contribution is 9.10. The molecule has 2 nitrogen and oxygen atoms in total. The molecule has 0 aliphatic carbocycles. The molecule has 0 bridgehead atoms. The molecular formula is C11H11BrO2S. The zero-order valence-corrected chi connectivity index (χ0v) is 10.5. The third-order valence-electron chi connectivity index (χ3n) is 2.56. The molecule has 80 valence electrons. The number of carbonyl (C=O) groups is 1. The summed E-state index contributed by atoms with van der Waals surface area (Å²) in [6.07, 6.45) is 1.00. The van der Waals surface area contributed by atoms with Gasteiger partial charge in [0, 0.05) is 21.5 Å². The van der Waals surface area contributed by atoms with Crippen molar-refractivity contribution in [3.05, 3.63) is 28.2 Å². The molecule has 0 radical (unpaired) electrons. The summed E-state index contributed by atoms with van der Waals surface area (Å²) in [6.45, 7) is 0. The molecule has 1 aromatic rings. The standard InChI is InChI=1S/C11H11BrO2S/c12-8-2-3-10-9(5-8)7(6-15-10)1-4-11(13)14/h2-3,5,7H,1,4,6H2,(H,13,14). The van der Waals surface area contributed by atoms with Gasteiger partial charge in [-0.05, 0) is 36.1 Å². The van der Waals surface area contributed by atoms with Crippen LogP contribution >= 0.6 is 27.7 Å². The maximum absolute atomic E-state index is 10.5. The van der Waals surface area contributed by atoms with E-state index in [4.69, 9.17) is 5.11 Å². The van der Waals surface area contributed by atoms with Crippen molar-refractivity contribution in [2.75, 3.05) is 5.75 Å². The van der Waals surface area contributed by atoms with Crippen LogP contribution in [0.3, 0.4) is 0 Å². The van der Waals surface area contributed by atoms with Gasteiger partial charge in [0.25, 0.3) is 0 Å². The molecule has 1 aromatic carbocycles. The summed E-state index contributed by atoms with van der Waals surface area (Å²) in [4.78, 5) is 11.8. The van der Waals surface area contributed by atoms with Crippen molar-refractivity contribution in [2.24, 2.45) is 0 Å². The molecule has 4 heteroatoms. The van der Waals surface area contributed by atoms with Crippen molar-refractivity contribution < 1.29 is 9.90 Å². The van der Waals surface area contributed by atoms with Gasteiger partial charge in [0.2, 0.25) is 0 Å². The molecule has 0 aromatic heterocycles. The van der Waals surface area contributed by atoms with E-state index >= 15 is 0 Å². The van der Waals surface area contributed by atoms with Gasteiger partial charge in [0.15, 0.2) is 0 Å². The summed E-state index contributed by atoms with van der Waals surface area (Å²) in [5.74, 6) is 0.709. The predicted octanol–water partition coefficient (Wildman–Crippen LogP) is 3.50. The quantitative estimate of drug-likeness (QED) is 0.924. The number of carboxylic acid groups (broad SMARTS) is 1. The van der Waals surface area contributed by atoms with Gasteiger partial charge in [0.1, 0.15) is 0 Å². The van der Waals surface area contributed by atoms with Gasteiger partial charge >= 0.3 is 5.97 Å². The molecule has 0 amide bonds. The first-order chi connectivity index (χ1) is 7.16. The first-order valence-electron chi connectivity index (χ1n) is 4.81. The van der Waals surface area contributed by atoms with Crippen LogP contribution in [0.4, 0.5) is 0 Å². The number of hydrogen-bond acceptors (Lipinski definition) is 2. The molecule has 1 aliphatic heterocycles. The molecule has 1 unspecified atom stereocenters. The fourth-order valence-electron chi connectivity index (χ4n) is 1.79. The Bertz CT molecular complexity index is 392. The van der Waals surface area contributed by atoms with E-state index in [9.17, 15) is 4.79 Å². The molecule has 1 atom stereocenters. The third-order valence-corrected chi connectivity index (χ3v) is 4.30. The highest BCUT2D eigenvalue weighted by Gasteiger charge is 2.23. The maximum atomic E-state index is 10.5. The number of benzene rings is 1. The summed E-state index contributed by atoms with van der Waals surface area (Å²) in [5, 5.41) is 8.66. The van der Waals surface area contributed by atoms with Crippen LogP contribution in [0.2, 0.25) is 0 Å². The van der Waals surface area contributed by atoms with Gasteiger partial charge in [-0.25, -0.2) is 0 Å². The largest absolute Gasteiger partial charge is 0.481 e. The highest BCUT2D eigenvalue weighted by atomic mass is 79.9. The van der Waals surface area contributed by atoms with Gasteiger partial charge in [-0.15, -0.1) is 11.8 Å². The SMILES string of the molecule is O=C(O)CCC1CSc2ccc(Br)cc21. The van der Waals surface area contributed by atoms with Crippen LogP contribution in [-0.4, -0.2) is 16.8 Å². The second-order valence-electron chi connectivity index (χ2n) is 3.62. The Morgan fingerprint density at radius 2 is 2.40 bits per heavy atom. The van der Waals surface area contributed by atoms with E-state index in [2.05, 4.69) is 28.1 Å². The van der Waals surface area contributed by atoms with E-state index in [0.29, 0.717) is 5.92 Å². The summed E-state index contributed by atoms with van der Waals surface area (Å²) in [7, 11) is 0. The second-order valence-corrected chi connectivity index (χ2v) is 5.60. The zero-order valence-electron chi connectivity index (χ0n) is 8.07. The number of aliphatic carboxylic acids is 1. The molecule has 0 fully saturated rings. The number of halogens is 1. The lowest BCUT2D eigenvalue weighted by Gasteiger charge is -2.08. The summed E-state index contributed by atoms with van der Waals surface area (Å²) in [6, 6.07) is 6.25. The Labute approximate surface area is 101 Å². The van der Waals surface area contributed by atoms with Gasteiger partial charge < -0.3 is 5.11 Å². The molecule has 1 N–H and O–H groups in total. The van der Waals surface area contributed by atoms with E-state index in [1.807, 2.05) is 17.8 Å². The minimum absolute atomic E-state index is 0.261. The Kier molecular flexibility index (Phi) is 3.36. The fourth-order valence-corrected chi connectivity index (χ4v) is 3.45. The predicted molar refractivity (Wildman–Crippen MR) is 64.5 cm³/mol. The van der Waals surface area contributed by atoms with Crippen molar-refractivity contribution in [3.63, 3.8) is 0 Å². The first kappa shape index (κ1) is 11.0. The van der Waals surface area contributed by atoms with Gasteiger partial charge in [-0.2, -0.15) is 0 Å². The minimum Gasteiger partial charge on any atom is -0.481 e. The first-order valence-corrected chi connectivity index (χ1v) is 6.58. The second kappa shape index (κ2) is 4.58. The van der Waals surface area contributed by atoms with E-state index in [0.717, 1.165) is 16.6 Å². The fraction of sp³-hybridized carbons (Fsp3) is 0.364. The number of fused-ring (bicyclic) bond motifs is 1. The molecule has 1 heterocycles. The topological polar surface area (TPSA) is 37.3 Å². The number of thioether (sulfide) groups is 1. The van der Waals surface area contributed by atoms with Crippen LogP contribution in [0.5, 0.6) is 0 Å². The molecule has 0 spiro atoms. The van der Waals surface area contributed by atoms with Crippen LogP contribution < -0.4 is 0 Å². The smallest absolute Gasteiger partial charge is 0.303 e. The molecule has 0 saturated heterocycles. The van der Waals surface area contributed by atoms with Crippen molar-refractivity contribution in [1.82, 2.24) is 0 Å². The van der Waals surface area contributed by atoms with Crippen LogP contribution in [-0.2, 0) is 4.79 Å². The maximum Gasteiger partial charge on any atom is 0.303 e. The average molecular weight is 287 g/mol. The lowest BCUT2D eigenvalue weighted by molar-refractivity contribution is -0.137. The Hall–Kier alpha value is -0.480. The van der Waals surface area contributed by atoms with E-state index < -0.39 is 5.97 Å². The lowest BCUT2D eigenvalue weighted by atomic mass is 9.96. The van der Waals surface area contributed by atoms with E-state index in [1.54, 1.807) is 0 Å². The Morgan fingerprint density at radius 3 is 3.13 bits per heavy atom. The molecule has 2 rings (SSSR count). The van der Waals surface area contributed by atoms with Crippen molar-refractivity contribution >= 4 is 33.7 Å². The summed E-state index contributed by atoms with van der Waals surface area (Å²) in [5.41, 5.74) is 1.30. The monoisotopic (exact) mass is 286 g/mol. The Morgan fingerprint density at radius 1 is 1.60 bits per heavy atom. The van der Waals surface area contributed by atoms with E-state index in [1.165, 1.54) is 10.5 Å². The highest BCUT2D eigenvalue weighted by Crippen LogP contribution is 2.42. The lowest BCUT2D eigenvalue weighted by Crippen LogP contribution is -2.02. The molecule has 15 heavy (non-hydrogen) atoms. The number of rotatable bonds is 3. The van der Waals surface area contributed by atoms with Crippen LogP contribution in [0, 0.1) is 0 Å². The van der Waals surface area contributed by atoms with Crippen molar-refractivity contribution in [1.29, 1.82) is 0 Å². The number of carboxylic acids is 1. The summed E-state index contributed by atoms with van der Waals surface area (Å²) >= 11 is 5.27. The number of hydrogen-bond donors (Lipinski definition) is 1. The normalized spacial score (nSPS) is 18.9. The van der Waals surface area contributed by atoms with Gasteiger partial charge in [-0.1, -0.05) is 15.9 Å². The molecule has 1 aliphatic rings. The third kappa shape index (κ3) is 2.55. The molecular weight excluding hydrogens is 276 g/mol. The zero-order chi connectivity index (χ0) is 10.8. The summed E-state index contributed by atoms with van der Waals surface area (Å²) < 4.78 is 1.07. The van der Waals surface area contributed by atoms with Crippen molar-refractivity contribution in [2.45, 2.75) is 23.7 Å². The van der Waals surface area contributed by atoms with Crippen LogP contribution in [0.25, 0.3) is 0 Å². The van der Waals surface area contributed by atoms with Gasteiger partial charge in [-0.3, -0.25) is 4.79 Å². The van der Waals surface area contributed by atoms with Crippen LogP contribution in [0.15, 0.2) is 27.6 Å². The van der Waals surface area contributed by atoms with E-state index in [-0.39, 0.29) is 6.42 Å². The Balaban J connectivity index is 2.13. The van der Waals surface area contributed by atoms with Crippen LogP contribution in [0.1, 0.15) is 24.3 Å². The molecule has 0 saturated carbocycles. The van der Waals surface area contributed by atoms with Crippen molar-refractivity contribution in [3.8, 4) is 0 Å².